The number of carbonyl (C=O) groups is 2. The summed E-state index contributed by atoms with van der Waals surface area (Å²) < 4.78 is 0. The normalized spacial score (nSPS) is 10.6. The van der Waals surface area contributed by atoms with Crippen molar-refractivity contribution in [3.8, 4) is 0 Å². The van der Waals surface area contributed by atoms with Gasteiger partial charge in [0.15, 0.2) is 0 Å². The van der Waals surface area contributed by atoms with Crippen LogP contribution >= 0.6 is 11.8 Å². The topological polar surface area (TPSA) is 52.7 Å². The summed E-state index contributed by atoms with van der Waals surface area (Å²) in [5.74, 6) is -0.0715. The number of thioether (sulfide) groups is 1. The van der Waals surface area contributed by atoms with Crippen LogP contribution in [0.2, 0.25) is 0 Å². The zero-order valence-electron chi connectivity index (χ0n) is 13.8. The highest BCUT2D eigenvalue weighted by molar-refractivity contribution is 7.98. The molecule has 0 spiro atoms. The van der Waals surface area contributed by atoms with Gasteiger partial charge in [-0.15, -0.1) is 11.8 Å². The van der Waals surface area contributed by atoms with E-state index in [0.717, 1.165) is 10.6 Å². The molecule has 2 amide bonds. The van der Waals surface area contributed by atoms with Gasteiger partial charge in [0.05, 0.1) is 13.1 Å². The first kappa shape index (κ1) is 18.5. The molecule has 0 saturated heterocycles. The molecule has 122 valence electrons. The summed E-state index contributed by atoms with van der Waals surface area (Å²) in [4.78, 5) is 28.6. The molecule has 0 aliphatic carbocycles. The molecular formula is C16H25N3O2S. The van der Waals surface area contributed by atoms with E-state index < -0.39 is 0 Å². The monoisotopic (exact) mass is 323 g/mol. The Morgan fingerprint density at radius 2 is 1.86 bits per heavy atom. The standard InChI is InChI=1S/C16H25N3O2S/c1-5-19(6-2)16(21)12-18(3)11-15(20)17-13-8-7-9-14(10-13)22-4/h7-10H,5-6,11-12H2,1-4H3,(H,17,20). The van der Waals surface area contributed by atoms with E-state index in [-0.39, 0.29) is 24.9 Å². The highest BCUT2D eigenvalue weighted by Gasteiger charge is 2.14. The Kier molecular flexibility index (Phi) is 7.98. The van der Waals surface area contributed by atoms with Gasteiger partial charge in [-0.05, 0) is 45.4 Å². The van der Waals surface area contributed by atoms with Crippen molar-refractivity contribution < 1.29 is 9.59 Å². The van der Waals surface area contributed by atoms with Gasteiger partial charge < -0.3 is 10.2 Å². The molecule has 0 aromatic heterocycles. The second-order valence-electron chi connectivity index (χ2n) is 5.02. The first-order chi connectivity index (χ1) is 10.5. The molecule has 1 rings (SSSR count). The molecule has 0 atom stereocenters. The number of amides is 2. The molecule has 1 aromatic carbocycles. The average molecular weight is 323 g/mol. The number of benzene rings is 1. The van der Waals surface area contributed by atoms with Crippen LogP contribution in [0, 0.1) is 0 Å². The maximum Gasteiger partial charge on any atom is 0.238 e. The lowest BCUT2D eigenvalue weighted by Gasteiger charge is -2.22. The van der Waals surface area contributed by atoms with Gasteiger partial charge in [-0.25, -0.2) is 0 Å². The van der Waals surface area contributed by atoms with Crippen molar-refractivity contribution in [2.75, 3.05) is 44.8 Å². The van der Waals surface area contributed by atoms with Crippen LogP contribution in [0.25, 0.3) is 0 Å². The number of carbonyl (C=O) groups excluding carboxylic acids is 2. The molecular weight excluding hydrogens is 298 g/mol. The SMILES string of the molecule is CCN(CC)C(=O)CN(C)CC(=O)Nc1cccc(SC)c1. The second kappa shape index (κ2) is 9.48. The minimum Gasteiger partial charge on any atom is -0.342 e. The molecule has 0 aliphatic rings. The van der Waals surface area contributed by atoms with Crippen LogP contribution in [0.15, 0.2) is 29.2 Å². The Morgan fingerprint density at radius 3 is 2.45 bits per heavy atom. The van der Waals surface area contributed by atoms with Gasteiger partial charge >= 0.3 is 0 Å². The lowest BCUT2D eigenvalue weighted by atomic mass is 10.3. The van der Waals surface area contributed by atoms with Crippen molar-refractivity contribution in [2.45, 2.75) is 18.7 Å². The van der Waals surface area contributed by atoms with E-state index in [1.54, 1.807) is 28.6 Å². The van der Waals surface area contributed by atoms with Gasteiger partial charge in [0.1, 0.15) is 0 Å². The van der Waals surface area contributed by atoms with E-state index in [2.05, 4.69) is 5.32 Å². The molecule has 0 radical (unpaired) electrons. The summed E-state index contributed by atoms with van der Waals surface area (Å²) in [6.07, 6.45) is 1.99. The third-order valence-corrected chi connectivity index (χ3v) is 4.01. The third kappa shape index (κ3) is 6.07. The molecule has 0 aliphatic heterocycles. The highest BCUT2D eigenvalue weighted by atomic mass is 32.2. The molecule has 0 heterocycles. The largest absolute Gasteiger partial charge is 0.342 e. The average Bonchev–Trinajstić information content (AvgIpc) is 2.48. The predicted molar refractivity (Wildman–Crippen MR) is 92.3 cm³/mol. The Bertz CT molecular complexity index is 504. The summed E-state index contributed by atoms with van der Waals surface area (Å²) in [5.41, 5.74) is 0.778. The van der Waals surface area contributed by atoms with Crippen molar-refractivity contribution in [1.29, 1.82) is 0 Å². The van der Waals surface area contributed by atoms with E-state index in [4.69, 9.17) is 0 Å². The first-order valence-corrected chi connectivity index (χ1v) is 8.62. The molecule has 1 N–H and O–H groups in total. The summed E-state index contributed by atoms with van der Waals surface area (Å²) in [7, 11) is 1.78. The molecule has 0 saturated carbocycles. The van der Waals surface area contributed by atoms with Crippen molar-refractivity contribution in [3.63, 3.8) is 0 Å². The summed E-state index contributed by atoms with van der Waals surface area (Å²) >= 11 is 1.63. The van der Waals surface area contributed by atoms with Crippen LogP contribution in [0.4, 0.5) is 5.69 Å². The number of hydrogen-bond donors (Lipinski definition) is 1. The maximum atomic E-state index is 12.0. The van der Waals surface area contributed by atoms with Crippen molar-refractivity contribution in [3.05, 3.63) is 24.3 Å². The van der Waals surface area contributed by atoms with Gasteiger partial charge in [-0.3, -0.25) is 14.5 Å². The number of nitrogens with zero attached hydrogens (tertiary/aromatic N) is 2. The maximum absolute atomic E-state index is 12.0. The quantitative estimate of drug-likeness (QED) is 0.745. The van der Waals surface area contributed by atoms with Crippen molar-refractivity contribution in [2.24, 2.45) is 0 Å². The van der Waals surface area contributed by atoms with E-state index >= 15 is 0 Å². The Hall–Kier alpha value is -1.53. The van der Waals surface area contributed by atoms with Crippen LogP contribution in [-0.4, -0.2) is 61.1 Å². The van der Waals surface area contributed by atoms with Crippen LogP contribution in [0.1, 0.15) is 13.8 Å². The lowest BCUT2D eigenvalue weighted by molar-refractivity contribution is -0.132. The summed E-state index contributed by atoms with van der Waals surface area (Å²) in [6, 6.07) is 7.70. The molecule has 1 aromatic rings. The van der Waals surface area contributed by atoms with Gasteiger partial charge in [-0.1, -0.05) is 6.07 Å². The Morgan fingerprint density at radius 1 is 1.18 bits per heavy atom. The van der Waals surface area contributed by atoms with Gasteiger partial charge in [0.2, 0.25) is 11.8 Å². The zero-order chi connectivity index (χ0) is 16.5. The molecule has 22 heavy (non-hydrogen) atoms. The number of anilines is 1. The summed E-state index contributed by atoms with van der Waals surface area (Å²) in [5, 5.41) is 2.86. The second-order valence-corrected chi connectivity index (χ2v) is 5.90. The minimum atomic E-state index is -0.117. The van der Waals surface area contributed by atoms with E-state index in [1.807, 2.05) is 44.4 Å². The number of likely N-dealkylation sites (N-methyl/N-ethyl adjacent to an activating group) is 2. The van der Waals surface area contributed by atoms with Crippen molar-refractivity contribution >= 4 is 29.3 Å². The van der Waals surface area contributed by atoms with Gasteiger partial charge in [0, 0.05) is 23.7 Å². The van der Waals surface area contributed by atoms with E-state index in [1.165, 1.54) is 0 Å². The van der Waals surface area contributed by atoms with Gasteiger partial charge in [0.25, 0.3) is 0 Å². The predicted octanol–water partition coefficient (Wildman–Crippen LogP) is 2.15. The number of hydrogen-bond acceptors (Lipinski definition) is 4. The molecule has 5 nitrogen and oxygen atoms in total. The molecule has 0 unspecified atom stereocenters. The molecule has 0 bridgehead atoms. The lowest BCUT2D eigenvalue weighted by Crippen LogP contribution is -2.41. The highest BCUT2D eigenvalue weighted by Crippen LogP contribution is 2.18. The summed E-state index contributed by atoms with van der Waals surface area (Å²) in [6.45, 7) is 5.73. The molecule has 6 heteroatoms. The molecule has 0 fully saturated rings. The zero-order valence-corrected chi connectivity index (χ0v) is 14.6. The fourth-order valence-corrected chi connectivity index (χ4v) is 2.57. The fraction of sp³-hybridized carbons (Fsp3) is 0.500. The van der Waals surface area contributed by atoms with E-state index in [9.17, 15) is 9.59 Å². The number of nitrogens with one attached hydrogen (secondary N) is 1. The first-order valence-electron chi connectivity index (χ1n) is 7.40. The van der Waals surface area contributed by atoms with Crippen LogP contribution in [0.5, 0.6) is 0 Å². The smallest absolute Gasteiger partial charge is 0.238 e. The van der Waals surface area contributed by atoms with Crippen LogP contribution < -0.4 is 5.32 Å². The van der Waals surface area contributed by atoms with Crippen molar-refractivity contribution in [1.82, 2.24) is 9.80 Å². The fourth-order valence-electron chi connectivity index (χ4n) is 2.11. The van der Waals surface area contributed by atoms with Crippen LogP contribution in [0.3, 0.4) is 0 Å². The van der Waals surface area contributed by atoms with Crippen LogP contribution in [-0.2, 0) is 9.59 Å². The minimum absolute atomic E-state index is 0.0460. The van der Waals surface area contributed by atoms with E-state index in [0.29, 0.717) is 13.1 Å². The Balaban J connectivity index is 2.48. The van der Waals surface area contributed by atoms with Gasteiger partial charge in [-0.2, -0.15) is 0 Å². The number of rotatable bonds is 8. The third-order valence-electron chi connectivity index (χ3n) is 3.29. The Labute approximate surface area is 137 Å².